The molecule has 4 N–H and O–H groups in total. The van der Waals surface area contributed by atoms with Crippen molar-refractivity contribution in [3.05, 3.63) is 34.3 Å². The number of nitrogens with zero attached hydrogens (tertiary/aromatic N) is 1. The van der Waals surface area contributed by atoms with Crippen LogP contribution in [0, 0.1) is 5.92 Å². The molecule has 0 fully saturated rings. The summed E-state index contributed by atoms with van der Waals surface area (Å²) in [6.45, 7) is 1.27. The zero-order valence-electron chi connectivity index (χ0n) is 10.7. The third kappa shape index (κ3) is 4.68. The predicted octanol–water partition coefficient (Wildman–Crippen LogP) is 3.02. The number of rotatable bonds is 5. The monoisotopic (exact) mass is 353 g/mol. The van der Waals surface area contributed by atoms with Gasteiger partial charge in [-0.25, -0.2) is 0 Å². The Morgan fingerprint density at radius 3 is 2.65 bits per heavy atom. The lowest BCUT2D eigenvalue weighted by Gasteiger charge is -2.22. The van der Waals surface area contributed by atoms with Crippen LogP contribution >= 0.6 is 15.9 Å². The molecule has 1 aromatic rings. The van der Waals surface area contributed by atoms with E-state index in [1.165, 1.54) is 0 Å². The van der Waals surface area contributed by atoms with Gasteiger partial charge in [-0.3, -0.25) is 0 Å². The van der Waals surface area contributed by atoms with Crippen molar-refractivity contribution in [1.82, 2.24) is 5.32 Å². The van der Waals surface area contributed by atoms with Gasteiger partial charge in [0.05, 0.1) is 0 Å². The van der Waals surface area contributed by atoms with Crippen molar-refractivity contribution in [3.8, 4) is 0 Å². The highest BCUT2D eigenvalue weighted by Crippen LogP contribution is 2.27. The lowest BCUT2D eigenvalue weighted by molar-refractivity contribution is -0.155. The Morgan fingerprint density at radius 1 is 1.50 bits per heavy atom. The van der Waals surface area contributed by atoms with E-state index in [9.17, 15) is 13.2 Å². The van der Waals surface area contributed by atoms with E-state index in [1.54, 1.807) is 19.1 Å². The highest BCUT2D eigenvalue weighted by molar-refractivity contribution is 9.10. The van der Waals surface area contributed by atoms with Crippen LogP contribution in [0.1, 0.15) is 18.5 Å². The zero-order valence-corrected chi connectivity index (χ0v) is 12.2. The summed E-state index contributed by atoms with van der Waals surface area (Å²) in [5, 5.41) is 13.6. The normalized spacial score (nSPS) is 15.9. The number of nitrogens with one attached hydrogen (secondary N) is 1. The van der Waals surface area contributed by atoms with Crippen molar-refractivity contribution >= 4 is 21.8 Å². The van der Waals surface area contributed by atoms with E-state index in [-0.39, 0.29) is 6.04 Å². The van der Waals surface area contributed by atoms with Crippen molar-refractivity contribution in [2.75, 3.05) is 6.54 Å². The van der Waals surface area contributed by atoms with Crippen LogP contribution in [0.25, 0.3) is 0 Å². The molecule has 8 heteroatoms. The Morgan fingerprint density at radius 2 is 2.15 bits per heavy atom. The van der Waals surface area contributed by atoms with Crippen LogP contribution in [0.4, 0.5) is 13.2 Å². The molecule has 0 saturated carbocycles. The van der Waals surface area contributed by atoms with Gasteiger partial charge in [-0.05, 0) is 24.6 Å². The molecule has 20 heavy (non-hydrogen) atoms. The first-order valence-corrected chi connectivity index (χ1v) is 6.58. The van der Waals surface area contributed by atoms with Gasteiger partial charge < -0.3 is 16.3 Å². The molecular weight excluding hydrogens is 339 g/mol. The molecule has 1 rings (SSSR count). The third-order valence-corrected chi connectivity index (χ3v) is 3.34. The van der Waals surface area contributed by atoms with Gasteiger partial charge in [-0.1, -0.05) is 33.2 Å². The molecule has 0 heterocycles. The first kappa shape index (κ1) is 16.8. The minimum Gasteiger partial charge on any atom is -0.409 e. The number of nitrogens with two attached hydrogens (primary N) is 1. The number of benzene rings is 1. The van der Waals surface area contributed by atoms with Crippen molar-refractivity contribution in [3.63, 3.8) is 0 Å². The molecule has 2 unspecified atom stereocenters. The van der Waals surface area contributed by atoms with Gasteiger partial charge in [0.15, 0.2) is 5.84 Å². The van der Waals surface area contributed by atoms with Crippen molar-refractivity contribution in [2.24, 2.45) is 16.8 Å². The second kappa shape index (κ2) is 6.94. The second-order valence-electron chi connectivity index (χ2n) is 4.30. The number of alkyl halides is 3. The fourth-order valence-corrected chi connectivity index (χ4v) is 2.06. The summed E-state index contributed by atoms with van der Waals surface area (Å²) in [4.78, 5) is 0. The largest absolute Gasteiger partial charge is 0.409 e. The molecular formula is C12H15BrF3N3O. The minimum absolute atomic E-state index is 0.302. The van der Waals surface area contributed by atoms with Crippen LogP contribution in [0.5, 0.6) is 0 Å². The Kier molecular flexibility index (Phi) is 5.82. The summed E-state index contributed by atoms with van der Waals surface area (Å²) in [5.41, 5.74) is 5.92. The molecule has 0 aromatic heterocycles. The van der Waals surface area contributed by atoms with Crippen LogP contribution in [-0.2, 0) is 0 Å². The molecule has 0 saturated heterocycles. The fourth-order valence-electron chi connectivity index (χ4n) is 1.65. The van der Waals surface area contributed by atoms with E-state index < -0.39 is 24.5 Å². The molecule has 0 spiro atoms. The summed E-state index contributed by atoms with van der Waals surface area (Å²) < 4.78 is 39.1. The molecule has 0 aliphatic carbocycles. The fraction of sp³-hybridized carbons (Fsp3) is 0.417. The first-order valence-electron chi connectivity index (χ1n) is 5.78. The van der Waals surface area contributed by atoms with E-state index >= 15 is 0 Å². The maximum Gasteiger partial charge on any atom is 0.400 e. The summed E-state index contributed by atoms with van der Waals surface area (Å²) in [5.74, 6) is -2.88. The molecule has 112 valence electrons. The van der Waals surface area contributed by atoms with Crippen LogP contribution < -0.4 is 11.1 Å². The highest BCUT2D eigenvalue weighted by atomic mass is 79.9. The second-order valence-corrected chi connectivity index (χ2v) is 5.22. The number of amidine groups is 1. The van der Waals surface area contributed by atoms with Gasteiger partial charge in [0.2, 0.25) is 0 Å². The topological polar surface area (TPSA) is 70.6 Å². The number of hydrogen-bond donors (Lipinski definition) is 3. The van der Waals surface area contributed by atoms with Crippen molar-refractivity contribution in [1.29, 1.82) is 0 Å². The lowest BCUT2D eigenvalue weighted by Crippen LogP contribution is -2.43. The maximum atomic E-state index is 12.8. The molecule has 0 radical (unpaired) electrons. The summed E-state index contributed by atoms with van der Waals surface area (Å²) in [6.07, 6.45) is -4.57. The standard InChI is InChI=1S/C12H15BrF3N3O/c1-7(8-3-2-4-9(13)5-8)18-6-10(11(17)19-20)12(14,15)16/h2-5,7,10,18,20H,6H2,1H3,(H2,17,19). The van der Waals surface area contributed by atoms with Gasteiger partial charge in [-0.15, -0.1) is 0 Å². The Hall–Kier alpha value is -1.28. The Labute approximate surface area is 123 Å². The lowest BCUT2D eigenvalue weighted by atomic mass is 10.1. The van der Waals surface area contributed by atoms with E-state index in [0.29, 0.717) is 0 Å². The van der Waals surface area contributed by atoms with E-state index in [0.717, 1.165) is 10.0 Å². The van der Waals surface area contributed by atoms with Gasteiger partial charge >= 0.3 is 6.18 Å². The smallest absolute Gasteiger partial charge is 0.400 e. The summed E-state index contributed by atoms with van der Waals surface area (Å²) in [6, 6.07) is 6.93. The van der Waals surface area contributed by atoms with Crippen LogP contribution in [0.3, 0.4) is 0 Å². The first-order chi connectivity index (χ1) is 9.25. The maximum absolute atomic E-state index is 12.8. The minimum atomic E-state index is -4.57. The van der Waals surface area contributed by atoms with E-state index in [2.05, 4.69) is 26.4 Å². The number of hydrogen-bond acceptors (Lipinski definition) is 3. The van der Waals surface area contributed by atoms with Gasteiger partial charge in [0.1, 0.15) is 5.92 Å². The summed E-state index contributed by atoms with van der Waals surface area (Å²) >= 11 is 3.30. The molecule has 0 bridgehead atoms. The van der Waals surface area contributed by atoms with E-state index in [4.69, 9.17) is 10.9 Å². The third-order valence-electron chi connectivity index (χ3n) is 2.84. The van der Waals surface area contributed by atoms with Crippen LogP contribution in [0.2, 0.25) is 0 Å². The van der Waals surface area contributed by atoms with Crippen LogP contribution in [0.15, 0.2) is 33.9 Å². The zero-order chi connectivity index (χ0) is 15.3. The SMILES string of the molecule is CC(NCC(/C(N)=N/O)C(F)(F)F)c1cccc(Br)c1. The molecule has 0 aliphatic rings. The molecule has 2 atom stereocenters. The average molecular weight is 354 g/mol. The van der Waals surface area contributed by atoms with Crippen molar-refractivity contribution < 1.29 is 18.4 Å². The molecule has 1 aromatic carbocycles. The quantitative estimate of drug-likeness (QED) is 0.330. The van der Waals surface area contributed by atoms with Crippen molar-refractivity contribution in [2.45, 2.75) is 19.1 Å². The number of halogens is 4. The van der Waals surface area contributed by atoms with E-state index in [1.807, 2.05) is 12.1 Å². The van der Waals surface area contributed by atoms with Gasteiger partial charge in [-0.2, -0.15) is 13.2 Å². The Bertz CT molecular complexity index is 479. The highest BCUT2D eigenvalue weighted by Gasteiger charge is 2.42. The molecule has 0 amide bonds. The predicted molar refractivity (Wildman–Crippen MR) is 73.5 cm³/mol. The van der Waals surface area contributed by atoms with Gasteiger partial charge in [0, 0.05) is 17.1 Å². The van der Waals surface area contributed by atoms with Gasteiger partial charge in [0.25, 0.3) is 0 Å². The Balaban J connectivity index is 2.73. The molecule has 4 nitrogen and oxygen atoms in total. The molecule has 0 aliphatic heterocycles. The number of oxime groups is 1. The summed E-state index contributed by atoms with van der Waals surface area (Å²) in [7, 11) is 0. The average Bonchev–Trinajstić information content (AvgIpc) is 2.36. The van der Waals surface area contributed by atoms with Crippen LogP contribution in [-0.4, -0.2) is 23.8 Å².